The minimum Gasteiger partial charge on any atom is -0.479 e. The van der Waals surface area contributed by atoms with Crippen LogP contribution in [0.15, 0.2) is 55.0 Å². The number of aliphatic carboxylic acids is 1. The van der Waals surface area contributed by atoms with Crippen LogP contribution in [-0.2, 0) is 10.3 Å². The molecule has 1 aliphatic heterocycles. The second-order valence-corrected chi connectivity index (χ2v) is 6.45. The van der Waals surface area contributed by atoms with Gasteiger partial charge in [0.1, 0.15) is 11.2 Å². The van der Waals surface area contributed by atoms with Crippen molar-refractivity contribution in [3.63, 3.8) is 0 Å². The molecule has 1 fully saturated rings. The number of imidazole rings is 1. The van der Waals surface area contributed by atoms with Crippen molar-refractivity contribution in [1.29, 1.82) is 0 Å². The topological polar surface area (TPSA) is 88.3 Å². The first kappa shape index (κ1) is 16.3. The molecule has 132 valence electrons. The van der Waals surface area contributed by atoms with Gasteiger partial charge in [-0.2, -0.15) is 0 Å². The fraction of sp³-hybridized carbons (Fsp3) is 0.263. The molecule has 4 rings (SSSR count). The first-order valence-corrected chi connectivity index (χ1v) is 8.48. The zero-order chi connectivity index (χ0) is 18.1. The molecule has 1 amide bonds. The molecule has 0 radical (unpaired) electrons. The smallest absolute Gasteiger partial charge is 0.330 e. The lowest BCUT2D eigenvalue weighted by molar-refractivity contribution is -0.149. The number of piperidine rings is 1. The van der Waals surface area contributed by atoms with Gasteiger partial charge in [-0.05, 0) is 37.1 Å². The molecule has 0 saturated carbocycles. The molecule has 26 heavy (non-hydrogen) atoms. The molecule has 0 aliphatic carbocycles. The van der Waals surface area contributed by atoms with Crippen LogP contribution in [0.25, 0.3) is 11.0 Å². The standard InChI is InChI=1S/C19H18N4O3/c24-17(15-6-3-4-10-20-15)22-11-8-19(9-12-22,18(25)26)23-13-21-14-5-1-2-7-16(14)23/h1-7,10,13H,8-9,11-12H2,(H,25,26). The predicted octanol–water partition coefficient (Wildman–Crippen LogP) is 2.15. The number of nitrogens with zero attached hydrogens (tertiary/aromatic N) is 4. The lowest BCUT2D eigenvalue weighted by Gasteiger charge is -2.39. The summed E-state index contributed by atoms with van der Waals surface area (Å²) in [4.78, 5) is 34.9. The van der Waals surface area contributed by atoms with Gasteiger partial charge in [-0.1, -0.05) is 18.2 Å². The molecule has 7 nitrogen and oxygen atoms in total. The van der Waals surface area contributed by atoms with E-state index in [-0.39, 0.29) is 5.91 Å². The van der Waals surface area contributed by atoms with Crippen molar-refractivity contribution in [2.24, 2.45) is 0 Å². The normalized spacial score (nSPS) is 16.5. The molecule has 1 N–H and O–H groups in total. The summed E-state index contributed by atoms with van der Waals surface area (Å²) in [5.41, 5.74) is 0.833. The van der Waals surface area contributed by atoms with Gasteiger partial charge in [-0.25, -0.2) is 9.78 Å². The van der Waals surface area contributed by atoms with Crippen molar-refractivity contribution in [3.05, 3.63) is 60.7 Å². The highest BCUT2D eigenvalue weighted by molar-refractivity contribution is 5.92. The number of carboxylic acid groups (broad SMARTS) is 1. The number of aromatic nitrogens is 3. The van der Waals surface area contributed by atoms with Crippen LogP contribution in [0, 0.1) is 0 Å². The Labute approximate surface area is 149 Å². The number of pyridine rings is 1. The Morgan fingerprint density at radius 1 is 1.00 bits per heavy atom. The Kier molecular flexibility index (Phi) is 3.91. The van der Waals surface area contributed by atoms with E-state index in [0.717, 1.165) is 11.0 Å². The Balaban J connectivity index is 1.62. The maximum atomic E-state index is 12.6. The van der Waals surface area contributed by atoms with Crippen molar-refractivity contribution >= 4 is 22.9 Å². The molecule has 2 aromatic heterocycles. The number of hydrogen-bond acceptors (Lipinski definition) is 4. The predicted molar refractivity (Wildman–Crippen MR) is 94.7 cm³/mol. The van der Waals surface area contributed by atoms with Crippen molar-refractivity contribution in [2.45, 2.75) is 18.4 Å². The molecule has 0 bridgehead atoms. The van der Waals surface area contributed by atoms with E-state index in [0.29, 0.717) is 31.6 Å². The third-order valence-electron chi connectivity index (χ3n) is 5.07. The number of benzene rings is 1. The van der Waals surface area contributed by atoms with E-state index in [9.17, 15) is 14.7 Å². The maximum absolute atomic E-state index is 12.6. The number of para-hydroxylation sites is 2. The third kappa shape index (κ3) is 2.52. The Bertz CT molecular complexity index is 959. The van der Waals surface area contributed by atoms with Crippen LogP contribution in [0.3, 0.4) is 0 Å². The maximum Gasteiger partial charge on any atom is 0.330 e. The molecule has 1 saturated heterocycles. The van der Waals surface area contributed by atoms with Crippen LogP contribution in [0.4, 0.5) is 0 Å². The van der Waals surface area contributed by atoms with Crippen LogP contribution in [-0.4, -0.2) is 49.5 Å². The first-order chi connectivity index (χ1) is 12.6. The van der Waals surface area contributed by atoms with Gasteiger partial charge >= 0.3 is 5.97 Å². The highest BCUT2D eigenvalue weighted by Crippen LogP contribution is 2.34. The number of carbonyl (C=O) groups excluding carboxylic acids is 1. The highest BCUT2D eigenvalue weighted by atomic mass is 16.4. The number of amides is 1. The summed E-state index contributed by atoms with van der Waals surface area (Å²) in [6.45, 7) is 0.711. The summed E-state index contributed by atoms with van der Waals surface area (Å²) in [7, 11) is 0. The molecule has 1 aromatic carbocycles. The minimum atomic E-state index is -1.10. The Hall–Kier alpha value is -3.22. The van der Waals surface area contributed by atoms with Gasteiger partial charge < -0.3 is 14.6 Å². The van der Waals surface area contributed by atoms with Gasteiger partial charge in [0, 0.05) is 19.3 Å². The molecule has 3 aromatic rings. The van der Waals surface area contributed by atoms with E-state index in [1.165, 1.54) is 0 Å². The monoisotopic (exact) mass is 350 g/mol. The van der Waals surface area contributed by atoms with Crippen LogP contribution in [0.5, 0.6) is 0 Å². The summed E-state index contributed by atoms with van der Waals surface area (Å²) >= 11 is 0. The number of carbonyl (C=O) groups is 2. The zero-order valence-electron chi connectivity index (χ0n) is 14.1. The van der Waals surface area contributed by atoms with Crippen LogP contribution in [0.2, 0.25) is 0 Å². The largest absolute Gasteiger partial charge is 0.479 e. The molecule has 3 heterocycles. The fourth-order valence-electron chi connectivity index (χ4n) is 3.59. The number of hydrogen-bond donors (Lipinski definition) is 1. The Morgan fingerprint density at radius 2 is 1.73 bits per heavy atom. The van der Waals surface area contributed by atoms with Gasteiger partial charge in [0.05, 0.1) is 17.4 Å². The summed E-state index contributed by atoms with van der Waals surface area (Å²) in [6, 6.07) is 12.7. The van der Waals surface area contributed by atoms with E-state index < -0.39 is 11.5 Å². The molecular formula is C19H18N4O3. The molecule has 1 aliphatic rings. The quantitative estimate of drug-likeness (QED) is 0.782. The summed E-state index contributed by atoms with van der Waals surface area (Å²) < 4.78 is 1.74. The first-order valence-electron chi connectivity index (χ1n) is 8.48. The average molecular weight is 350 g/mol. The van der Waals surface area contributed by atoms with Gasteiger partial charge in [-0.3, -0.25) is 9.78 Å². The summed E-state index contributed by atoms with van der Waals surface area (Å²) in [5, 5.41) is 10.00. The van der Waals surface area contributed by atoms with Crippen molar-refractivity contribution in [3.8, 4) is 0 Å². The van der Waals surface area contributed by atoms with Crippen LogP contribution >= 0.6 is 0 Å². The van der Waals surface area contributed by atoms with E-state index in [2.05, 4.69) is 9.97 Å². The molecule has 0 spiro atoms. The average Bonchev–Trinajstić information content (AvgIpc) is 3.12. The van der Waals surface area contributed by atoms with Gasteiger partial charge in [-0.15, -0.1) is 0 Å². The van der Waals surface area contributed by atoms with Crippen molar-refractivity contribution < 1.29 is 14.7 Å². The van der Waals surface area contributed by atoms with Crippen LogP contribution < -0.4 is 0 Å². The van der Waals surface area contributed by atoms with Crippen molar-refractivity contribution in [1.82, 2.24) is 19.4 Å². The number of likely N-dealkylation sites (tertiary alicyclic amines) is 1. The summed E-state index contributed by atoms with van der Waals surface area (Å²) in [5.74, 6) is -1.06. The second-order valence-electron chi connectivity index (χ2n) is 6.45. The molecule has 0 unspecified atom stereocenters. The lowest BCUT2D eigenvalue weighted by atomic mass is 9.86. The minimum absolute atomic E-state index is 0.167. The third-order valence-corrected chi connectivity index (χ3v) is 5.07. The summed E-state index contributed by atoms with van der Waals surface area (Å²) in [6.07, 6.45) is 3.81. The van der Waals surface area contributed by atoms with Crippen molar-refractivity contribution in [2.75, 3.05) is 13.1 Å². The van der Waals surface area contributed by atoms with E-state index >= 15 is 0 Å². The van der Waals surface area contributed by atoms with Gasteiger partial charge in [0.25, 0.3) is 5.91 Å². The Morgan fingerprint density at radius 3 is 2.42 bits per heavy atom. The van der Waals surface area contributed by atoms with E-state index in [4.69, 9.17) is 0 Å². The number of carboxylic acids is 1. The number of fused-ring (bicyclic) bond motifs is 1. The zero-order valence-corrected chi connectivity index (χ0v) is 14.1. The lowest BCUT2D eigenvalue weighted by Crippen LogP contribution is -2.52. The van der Waals surface area contributed by atoms with E-state index in [1.54, 1.807) is 40.2 Å². The van der Waals surface area contributed by atoms with Gasteiger partial charge in [0.15, 0.2) is 0 Å². The van der Waals surface area contributed by atoms with Crippen LogP contribution in [0.1, 0.15) is 23.3 Å². The fourth-order valence-corrected chi connectivity index (χ4v) is 3.59. The molecular weight excluding hydrogens is 332 g/mol. The van der Waals surface area contributed by atoms with E-state index in [1.807, 2.05) is 24.3 Å². The van der Waals surface area contributed by atoms with Gasteiger partial charge in [0.2, 0.25) is 0 Å². The number of rotatable bonds is 3. The second kappa shape index (κ2) is 6.25. The SMILES string of the molecule is O=C(c1ccccn1)N1CCC(C(=O)O)(n2cnc3ccccc32)CC1. The molecule has 7 heteroatoms. The molecule has 0 atom stereocenters. The highest BCUT2D eigenvalue weighted by Gasteiger charge is 2.45.